The fraction of sp³-hybridized carbons (Fsp3) is 0.588. The molecule has 0 N–H and O–H groups in total. The predicted octanol–water partition coefficient (Wildman–Crippen LogP) is 2.00. The minimum atomic E-state index is 0.284. The number of carbonyl (C=O) groups excluding carboxylic acids is 1. The summed E-state index contributed by atoms with van der Waals surface area (Å²) in [6.45, 7) is 8.65. The van der Waals surface area contributed by atoms with Crippen LogP contribution in [-0.4, -0.2) is 62.8 Å². The van der Waals surface area contributed by atoms with Gasteiger partial charge in [-0.05, 0) is 26.0 Å². The average Bonchev–Trinajstić information content (AvgIpc) is 2.50. The van der Waals surface area contributed by atoms with E-state index >= 15 is 0 Å². The summed E-state index contributed by atoms with van der Waals surface area (Å²) in [6.07, 6.45) is 1.37. The fourth-order valence-electron chi connectivity index (χ4n) is 2.68. The molecule has 1 fully saturated rings. The number of hydrogen-bond acceptors (Lipinski definition) is 5. The van der Waals surface area contributed by atoms with Crippen LogP contribution >= 0.6 is 0 Å². The summed E-state index contributed by atoms with van der Waals surface area (Å²) in [4.78, 5) is 13.2. The quantitative estimate of drug-likeness (QED) is 0.543. The third-order valence-corrected chi connectivity index (χ3v) is 3.58. The Morgan fingerprint density at radius 2 is 1.91 bits per heavy atom. The first-order valence-electron chi connectivity index (χ1n) is 7.81. The number of carbonyl (C=O) groups is 1. The highest BCUT2D eigenvalue weighted by atomic mass is 16.5. The molecule has 122 valence electrons. The SMILES string of the molecule is CC1CN(CCOCCOc2ccccc2C=O)CC(C)O1. The van der Waals surface area contributed by atoms with E-state index in [9.17, 15) is 4.79 Å². The van der Waals surface area contributed by atoms with E-state index in [1.165, 1.54) is 0 Å². The molecule has 0 saturated carbocycles. The van der Waals surface area contributed by atoms with E-state index < -0.39 is 0 Å². The van der Waals surface area contributed by atoms with Gasteiger partial charge in [0.15, 0.2) is 6.29 Å². The number of ether oxygens (including phenoxy) is 3. The Bertz CT molecular complexity index is 456. The van der Waals surface area contributed by atoms with Crippen molar-refractivity contribution in [2.75, 3.05) is 39.5 Å². The van der Waals surface area contributed by atoms with Gasteiger partial charge in [-0.25, -0.2) is 0 Å². The first kappa shape index (κ1) is 16.9. The van der Waals surface area contributed by atoms with Gasteiger partial charge in [0.05, 0.1) is 31.0 Å². The summed E-state index contributed by atoms with van der Waals surface area (Å²) in [6, 6.07) is 7.20. The number of morpholine rings is 1. The molecule has 0 aromatic heterocycles. The van der Waals surface area contributed by atoms with Gasteiger partial charge in [-0.2, -0.15) is 0 Å². The van der Waals surface area contributed by atoms with E-state index in [0.717, 1.165) is 25.9 Å². The zero-order chi connectivity index (χ0) is 15.8. The molecule has 0 radical (unpaired) electrons. The van der Waals surface area contributed by atoms with Crippen molar-refractivity contribution in [3.05, 3.63) is 29.8 Å². The average molecular weight is 307 g/mol. The Hall–Kier alpha value is -1.43. The molecule has 1 heterocycles. The van der Waals surface area contributed by atoms with Gasteiger partial charge in [0.25, 0.3) is 0 Å². The van der Waals surface area contributed by atoms with Crippen LogP contribution in [0.25, 0.3) is 0 Å². The van der Waals surface area contributed by atoms with Crippen molar-refractivity contribution in [1.29, 1.82) is 0 Å². The topological polar surface area (TPSA) is 48.0 Å². The van der Waals surface area contributed by atoms with Crippen LogP contribution in [0.15, 0.2) is 24.3 Å². The van der Waals surface area contributed by atoms with Crippen LogP contribution in [0.2, 0.25) is 0 Å². The van der Waals surface area contributed by atoms with Crippen LogP contribution in [0, 0.1) is 0 Å². The van der Waals surface area contributed by atoms with Gasteiger partial charge in [0.1, 0.15) is 12.4 Å². The first-order valence-corrected chi connectivity index (χ1v) is 7.81. The largest absolute Gasteiger partial charge is 0.490 e. The molecule has 0 aliphatic carbocycles. The molecular weight excluding hydrogens is 282 g/mol. The van der Waals surface area contributed by atoms with Crippen LogP contribution in [-0.2, 0) is 9.47 Å². The molecule has 1 aliphatic rings. The Kier molecular flexibility index (Phi) is 6.83. The number of benzene rings is 1. The lowest BCUT2D eigenvalue weighted by molar-refractivity contribution is -0.0734. The van der Waals surface area contributed by atoms with Crippen molar-refractivity contribution < 1.29 is 19.0 Å². The number of para-hydroxylation sites is 1. The van der Waals surface area contributed by atoms with Gasteiger partial charge < -0.3 is 14.2 Å². The lowest BCUT2D eigenvalue weighted by Gasteiger charge is -2.35. The summed E-state index contributed by atoms with van der Waals surface area (Å²) in [5, 5.41) is 0. The highest BCUT2D eigenvalue weighted by Gasteiger charge is 2.21. The van der Waals surface area contributed by atoms with Crippen molar-refractivity contribution in [3.63, 3.8) is 0 Å². The van der Waals surface area contributed by atoms with E-state index in [4.69, 9.17) is 14.2 Å². The van der Waals surface area contributed by atoms with Gasteiger partial charge in [-0.15, -0.1) is 0 Å². The van der Waals surface area contributed by atoms with Gasteiger partial charge in [0.2, 0.25) is 0 Å². The van der Waals surface area contributed by atoms with Crippen molar-refractivity contribution >= 4 is 6.29 Å². The van der Waals surface area contributed by atoms with Gasteiger partial charge in [-0.3, -0.25) is 9.69 Å². The van der Waals surface area contributed by atoms with Crippen LogP contribution in [0.3, 0.4) is 0 Å². The Labute approximate surface area is 132 Å². The highest BCUT2D eigenvalue weighted by molar-refractivity contribution is 5.79. The first-order chi connectivity index (χ1) is 10.7. The van der Waals surface area contributed by atoms with Crippen molar-refractivity contribution in [3.8, 4) is 5.75 Å². The summed E-state index contributed by atoms with van der Waals surface area (Å²) >= 11 is 0. The van der Waals surface area contributed by atoms with E-state index in [-0.39, 0.29) is 12.2 Å². The maximum absolute atomic E-state index is 10.9. The summed E-state index contributed by atoms with van der Waals surface area (Å²) in [5.41, 5.74) is 0.568. The third kappa shape index (κ3) is 5.40. The molecule has 2 unspecified atom stereocenters. The molecule has 2 atom stereocenters. The number of nitrogens with zero attached hydrogens (tertiary/aromatic N) is 1. The van der Waals surface area contributed by atoms with Crippen LogP contribution in [0.5, 0.6) is 5.75 Å². The van der Waals surface area contributed by atoms with E-state index in [1.54, 1.807) is 12.1 Å². The molecule has 2 rings (SSSR count). The molecule has 5 nitrogen and oxygen atoms in total. The van der Waals surface area contributed by atoms with E-state index in [0.29, 0.717) is 31.1 Å². The fourth-order valence-corrected chi connectivity index (χ4v) is 2.68. The summed E-state index contributed by atoms with van der Waals surface area (Å²) < 4.78 is 16.9. The molecule has 1 aromatic carbocycles. The number of rotatable bonds is 8. The second-order valence-electron chi connectivity index (χ2n) is 5.63. The molecule has 1 aromatic rings. The van der Waals surface area contributed by atoms with Gasteiger partial charge in [0, 0.05) is 19.6 Å². The highest BCUT2D eigenvalue weighted by Crippen LogP contribution is 2.15. The molecule has 1 aliphatic heterocycles. The maximum atomic E-state index is 10.9. The lowest BCUT2D eigenvalue weighted by Crippen LogP contribution is -2.46. The molecule has 0 spiro atoms. The normalized spacial score (nSPS) is 22.5. The Morgan fingerprint density at radius 3 is 2.64 bits per heavy atom. The minimum absolute atomic E-state index is 0.284. The smallest absolute Gasteiger partial charge is 0.153 e. The Morgan fingerprint density at radius 1 is 1.18 bits per heavy atom. The standard InChI is InChI=1S/C17H25NO4/c1-14-11-18(12-15(2)22-14)7-8-20-9-10-21-17-6-4-3-5-16(17)13-19/h3-6,13-15H,7-12H2,1-2H3. The van der Waals surface area contributed by atoms with Crippen molar-refractivity contribution in [2.24, 2.45) is 0 Å². The molecule has 0 amide bonds. The van der Waals surface area contributed by atoms with Gasteiger partial charge in [-0.1, -0.05) is 12.1 Å². The van der Waals surface area contributed by atoms with Crippen molar-refractivity contribution in [2.45, 2.75) is 26.1 Å². The molecule has 22 heavy (non-hydrogen) atoms. The molecular formula is C17H25NO4. The monoisotopic (exact) mass is 307 g/mol. The summed E-state index contributed by atoms with van der Waals surface area (Å²) in [7, 11) is 0. The molecule has 1 saturated heterocycles. The number of aldehydes is 1. The summed E-state index contributed by atoms with van der Waals surface area (Å²) in [5.74, 6) is 0.608. The second kappa shape index (κ2) is 8.88. The number of hydrogen-bond donors (Lipinski definition) is 0. The van der Waals surface area contributed by atoms with Crippen LogP contribution in [0.1, 0.15) is 24.2 Å². The zero-order valence-electron chi connectivity index (χ0n) is 13.4. The van der Waals surface area contributed by atoms with Crippen molar-refractivity contribution in [1.82, 2.24) is 4.90 Å². The minimum Gasteiger partial charge on any atom is -0.490 e. The molecule has 5 heteroatoms. The van der Waals surface area contributed by atoms with Gasteiger partial charge >= 0.3 is 0 Å². The van der Waals surface area contributed by atoms with E-state index in [1.807, 2.05) is 12.1 Å². The Balaban J connectivity index is 1.59. The zero-order valence-corrected chi connectivity index (χ0v) is 13.4. The van der Waals surface area contributed by atoms with E-state index in [2.05, 4.69) is 18.7 Å². The molecule has 0 bridgehead atoms. The second-order valence-corrected chi connectivity index (χ2v) is 5.63. The predicted molar refractivity (Wildman–Crippen MR) is 84.6 cm³/mol. The lowest BCUT2D eigenvalue weighted by atomic mass is 10.2. The van der Waals surface area contributed by atoms with Crippen LogP contribution in [0.4, 0.5) is 0 Å². The maximum Gasteiger partial charge on any atom is 0.153 e. The third-order valence-electron chi connectivity index (χ3n) is 3.58. The van der Waals surface area contributed by atoms with Crippen LogP contribution < -0.4 is 4.74 Å².